The Labute approximate surface area is 131 Å². The fourth-order valence-corrected chi connectivity index (χ4v) is 3.88. The van der Waals surface area contributed by atoms with Crippen LogP contribution in [-0.4, -0.2) is 37.4 Å². The van der Waals surface area contributed by atoms with Crippen LogP contribution < -0.4 is 15.5 Å². The van der Waals surface area contributed by atoms with Crippen molar-refractivity contribution in [3.8, 4) is 0 Å². The van der Waals surface area contributed by atoms with Gasteiger partial charge in [0, 0.05) is 24.5 Å². The van der Waals surface area contributed by atoms with Gasteiger partial charge in [-0.3, -0.25) is 0 Å². The second kappa shape index (κ2) is 5.80. The van der Waals surface area contributed by atoms with Crippen molar-refractivity contribution in [3.63, 3.8) is 0 Å². The van der Waals surface area contributed by atoms with Gasteiger partial charge < -0.3 is 20.3 Å². The fourth-order valence-electron chi connectivity index (χ4n) is 3.88. The number of carbonyl (C=O) groups excluding carboxylic acids is 1. The first-order valence-corrected chi connectivity index (χ1v) is 8.36. The molecule has 2 amide bonds. The second-order valence-electron chi connectivity index (χ2n) is 6.56. The Morgan fingerprint density at radius 3 is 2.82 bits per heavy atom. The summed E-state index contributed by atoms with van der Waals surface area (Å²) in [6.45, 7) is 2.22. The molecule has 0 radical (unpaired) electrons. The molecule has 3 heterocycles. The maximum Gasteiger partial charge on any atom is 0.319 e. The molecule has 0 spiro atoms. The molecule has 1 aromatic carbocycles. The van der Waals surface area contributed by atoms with Gasteiger partial charge in [0.2, 0.25) is 0 Å². The Balaban J connectivity index is 1.36. The predicted octanol–water partition coefficient (Wildman–Crippen LogP) is 2.73. The van der Waals surface area contributed by atoms with E-state index in [0.29, 0.717) is 6.10 Å². The minimum atomic E-state index is -0.125. The van der Waals surface area contributed by atoms with Crippen LogP contribution in [-0.2, 0) is 4.74 Å². The minimum Gasteiger partial charge on any atom is -0.373 e. The van der Waals surface area contributed by atoms with Gasteiger partial charge >= 0.3 is 6.03 Å². The second-order valence-corrected chi connectivity index (χ2v) is 6.56. The minimum absolute atomic E-state index is 0.125. The highest BCUT2D eigenvalue weighted by atomic mass is 16.5. The van der Waals surface area contributed by atoms with Crippen molar-refractivity contribution in [1.82, 2.24) is 5.32 Å². The van der Waals surface area contributed by atoms with Crippen LogP contribution in [0.15, 0.2) is 24.3 Å². The summed E-state index contributed by atoms with van der Waals surface area (Å²) in [7, 11) is 0. The molecule has 2 N–H and O–H groups in total. The van der Waals surface area contributed by atoms with E-state index in [1.54, 1.807) is 0 Å². The molecule has 4 rings (SSSR count). The van der Waals surface area contributed by atoms with Crippen molar-refractivity contribution in [1.29, 1.82) is 0 Å². The van der Waals surface area contributed by atoms with Gasteiger partial charge in [-0.2, -0.15) is 0 Å². The Bertz CT molecular complexity index is 557. The lowest BCUT2D eigenvalue weighted by atomic mass is 9.96. The molecule has 3 fully saturated rings. The first-order valence-electron chi connectivity index (χ1n) is 8.36. The van der Waals surface area contributed by atoms with Gasteiger partial charge in [0.1, 0.15) is 0 Å². The molecule has 0 aliphatic carbocycles. The summed E-state index contributed by atoms with van der Waals surface area (Å²) in [6, 6.07) is 8.15. The Morgan fingerprint density at radius 2 is 2.09 bits per heavy atom. The molecule has 2 bridgehead atoms. The number of anilines is 2. The van der Waals surface area contributed by atoms with E-state index in [2.05, 4.69) is 27.7 Å². The summed E-state index contributed by atoms with van der Waals surface area (Å²) in [5.74, 6) is 0. The topological polar surface area (TPSA) is 53.6 Å². The van der Waals surface area contributed by atoms with Crippen LogP contribution in [0.25, 0.3) is 0 Å². The van der Waals surface area contributed by atoms with Gasteiger partial charge in [-0.05, 0) is 50.3 Å². The normalized spacial score (nSPS) is 29.8. The zero-order valence-corrected chi connectivity index (χ0v) is 12.8. The third-order valence-corrected chi connectivity index (χ3v) is 5.00. The number of rotatable bonds is 3. The van der Waals surface area contributed by atoms with E-state index in [0.717, 1.165) is 38.0 Å². The quantitative estimate of drug-likeness (QED) is 0.902. The van der Waals surface area contributed by atoms with E-state index in [1.165, 1.54) is 18.5 Å². The summed E-state index contributed by atoms with van der Waals surface area (Å²) >= 11 is 0. The largest absolute Gasteiger partial charge is 0.373 e. The summed E-state index contributed by atoms with van der Waals surface area (Å²) < 4.78 is 5.77. The third-order valence-electron chi connectivity index (χ3n) is 5.00. The summed E-state index contributed by atoms with van der Waals surface area (Å²) in [5, 5.41) is 6.02. The maximum absolute atomic E-state index is 12.2. The molecule has 3 unspecified atom stereocenters. The van der Waals surface area contributed by atoms with E-state index < -0.39 is 0 Å². The van der Waals surface area contributed by atoms with Gasteiger partial charge in [0.05, 0.1) is 18.2 Å². The number of hydrogen-bond acceptors (Lipinski definition) is 3. The Kier molecular flexibility index (Phi) is 3.66. The molecular weight excluding hydrogens is 278 g/mol. The smallest absolute Gasteiger partial charge is 0.319 e. The van der Waals surface area contributed by atoms with Crippen LogP contribution in [0.3, 0.4) is 0 Å². The van der Waals surface area contributed by atoms with Gasteiger partial charge in [0.15, 0.2) is 0 Å². The molecular formula is C17H23N3O2. The van der Waals surface area contributed by atoms with Crippen LogP contribution >= 0.6 is 0 Å². The molecule has 3 aliphatic rings. The highest BCUT2D eigenvalue weighted by Gasteiger charge is 2.41. The van der Waals surface area contributed by atoms with E-state index >= 15 is 0 Å². The summed E-state index contributed by atoms with van der Waals surface area (Å²) in [5.41, 5.74) is 2.05. The Hall–Kier alpha value is -1.75. The maximum atomic E-state index is 12.2. The highest BCUT2D eigenvalue weighted by Crippen LogP contribution is 2.34. The van der Waals surface area contributed by atoms with Crippen molar-refractivity contribution in [2.45, 2.75) is 50.4 Å². The number of nitrogens with zero attached hydrogens (tertiary/aromatic N) is 1. The molecule has 1 aromatic rings. The van der Waals surface area contributed by atoms with Crippen LogP contribution in [0.5, 0.6) is 0 Å². The third kappa shape index (κ3) is 2.77. The molecule has 5 heteroatoms. The van der Waals surface area contributed by atoms with Crippen LogP contribution in [0.4, 0.5) is 16.2 Å². The number of fused-ring (bicyclic) bond motifs is 2. The van der Waals surface area contributed by atoms with Crippen molar-refractivity contribution in [2.75, 3.05) is 23.3 Å². The van der Waals surface area contributed by atoms with Crippen molar-refractivity contribution in [3.05, 3.63) is 24.3 Å². The molecule has 22 heavy (non-hydrogen) atoms. The fraction of sp³-hybridized carbons (Fsp3) is 0.588. The van der Waals surface area contributed by atoms with Gasteiger partial charge in [0.25, 0.3) is 0 Å². The van der Waals surface area contributed by atoms with E-state index in [9.17, 15) is 4.79 Å². The zero-order chi connectivity index (χ0) is 14.9. The van der Waals surface area contributed by atoms with Crippen LogP contribution in [0, 0.1) is 0 Å². The number of hydrogen-bond donors (Lipinski definition) is 2. The SMILES string of the molecule is O=C(Nc1cccc(N2CCCC2)c1)NC1CC2CCC1O2. The number of urea groups is 1. The zero-order valence-electron chi connectivity index (χ0n) is 12.8. The number of amides is 2. The van der Waals surface area contributed by atoms with Gasteiger partial charge in [-0.25, -0.2) is 4.79 Å². The number of benzene rings is 1. The first-order chi connectivity index (χ1) is 10.8. The standard InChI is InChI=1S/C17H23N3O2/c21-17(19-15-11-14-6-7-16(15)22-14)18-12-4-3-5-13(10-12)20-8-1-2-9-20/h3-5,10,14-16H,1-2,6-9,11H2,(H2,18,19,21). The molecule has 3 atom stereocenters. The van der Waals surface area contributed by atoms with Gasteiger partial charge in [-0.1, -0.05) is 6.07 Å². The van der Waals surface area contributed by atoms with Crippen LogP contribution in [0.2, 0.25) is 0 Å². The van der Waals surface area contributed by atoms with E-state index in [4.69, 9.17) is 4.74 Å². The van der Waals surface area contributed by atoms with Crippen molar-refractivity contribution in [2.24, 2.45) is 0 Å². The molecule has 5 nitrogen and oxygen atoms in total. The van der Waals surface area contributed by atoms with E-state index in [-0.39, 0.29) is 18.2 Å². The number of ether oxygens (including phenoxy) is 1. The molecule has 0 aromatic heterocycles. The lowest BCUT2D eigenvalue weighted by Gasteiger charge is -2.21. The van der Waals surface area contributed by atoms with E-state index in [1.807, 2.05) is 12.1 Å². The van der Waals surface area contributed by atoms with Gasteiger partial charge in [-0.15, -0.1) is 0 Å². The molecule has 118 valence electrons. The number of carbonyl (C=O) groups is 1. The first kappa shape index (κ1) is 13.9. The lowest BCUT2D eigenvalue weighted by Crippen LogP contribution is -2.43. The summed E-state index contributed by atoms with van der Waals surface area (Å²) in [4.78, 5) is 14.6. The average Bonchev–Trinajstić information content (AvgIpc) is 3.25. The number of nitrogens with one attached hydrogen (secondary N) is 2. The highest BCUT2D eigenvalue weighted by molar-refractivity contribution is 5.90. The molecule has 3 saturated heterocycles. The molecule has 3 aliphatic heterocycles. The lowest BCUT2D eigenvalue weighted by molar-refractivity contribution is 0.0984. The monoisotopic (exact) mass is 301 g/mol. The summed E-state index contributed by atoms with van der Waals surface area (Å²) in [6.07, 6.45) is 6.24. The van der Waals surface area contributed by atoms with Crippen LogP contribution in [0.1, 0.15) is 32.1 Å². The average molecular weight is 301 g/mol. The Morgan fingerprint density at radius 1 is 1.23 bits per heavy atom. The van der Waals surface area contributed by atoms with Crippen molar-refractivity contribution >= 4 is 17.4 Å². The van der Waals surface area contributed by atoms with Crippen molar-refractivity contribution < 1.29 is 9.53 Å². The molecule has 0 saturated carbocycles. The predicted molar refractivity (Wildman–Crippen MR) is 86.3 cm³/mol.